The third-order valence-corrected chi connectivity index (χ3v) is 4.52. The summed E-state index contributed by atoms with van der Waals surface area (Å²) in [4.78, 5) is 16.9. The summed E-state index contributed by atoms with van der Waals surface area (Å²) < 4.78 is 5.45. The molecule has 0 aliphatic carbocycles. The van der Waals surface area contributed by atoms with Crippen molar-refractivity contribution >= 4 is 23.3 Å². The maximum absolute atomic E-state index is 12.4. The number of nitrogens with one attached hydrogen (secondary N) is 1. The molecule has 0 saturated carbocycles. The minimum Gasteiger partial charge on any atom is -0.441 e. The van der Waals surface area contributed by atoms with Gasteiger partial charge in [-0.1, -0.05) is 72.8 Å². The zero-order chi connectivity index (χ0) is 21.3. The van der Waals surface area contributed by atoms with Crippen LogP contribution in [-0.4, -0.2) is 17.6 Å². The molecule has 1 atom stereocenters. The Hall–Kier alpha value is -3.93. The number of hydrogen-bond acceptors (Lipinski definition) is 5. The van der Waals surface area contributed by atoms with E-state index in [1.807, 2.05) is 84.9 Å². The molecule has 0 aliphatic heterocycles. The Morgan fingerprint density at radius 3 is 2.07 bits per heavy atom. The Labute approximate surface area is 176 Å². The molecule has 0 heterocycles. The molecule has 152 valence electrons. The first-order chi connectivity index (χ1) is 14.6. The largest absolute Gasteiger partial charge is 0.441 e. The van der Waals surface area contributed by atoms with Crippen LogP contribution in [0.1, 0.15) is 25.5 Å². The molecule has 3 aromatic carbocycles. The molecule has 3 aromatic rings. The third-order valence-electron chi connectivity index (χ3n) is 4.52. The van der Waals surface area contributed by atoms with Crippen LogP contribution < -0.4 is 11.2 Å². The van der Waals surface area contributed by atoms with Crippen molar-refractivity contribution in [2.75, 3.05) is 0 Å². The lowest BCUT2D eigenvalue weighted by atomic mass is 10.1. The summed E-state index contributed by atoms with van der Waals surface area (Å²) in [5, 5.41) is 6.30. The molecule has 0 radical (unpaired) electrons. The number of rotatable bonds is 5. The molecular weight excluding hydrogens is 376 g/mol. The van der Waals surface area contributed by atoms with Crippen molar-refractivity contribution in [3.63, 3.8) is 0 Å². The van der Waals surface area contributed by atoms with E-state index < -0.39 is 12.2 Å². The number of amides is 1. The van der Waals surface area contributed by atoms with E-state index in [4.69, 9.17) is 10.6 Å². The van der Waals surface area contributed by atoms with Crippen LogP contribution in [-0.2, 0) is 4.74 Å². The van der Waals surface area contributed by atoms with Gasteiger partial charge in [0.05, 0.1) is 11.4 Å². The maximum atomic E-state index is 12.4. The monoisotopic (exact) mass is 400 g/mol. The van der Waals surface area contributed by atoms with Gasteiger partial charge in [0, 0.05) is 0 Å². The van der Waals surface area contributed by atoms with Crippen LogP contribution in [0.5, 0.6) is 0 Å². The minimum absolute atomic E-state index is 0.232. The quantitative estimate of drug-likeness (QED) is 0.267. The lowest BCUT2D eigenvalue weighted by molar-refractivity contribution is 0.112. The van der Waals surface area contributed by atoms with Gasteiger partial charge >= 0.3 is 6.09 Å². The van der Waals surface area contributed by atoms with Crippen LogP contribution in [0, 0.1) is 0 Å². The van der Waals surface area contributed by atoms with Crippen molar-refractivity contribution < 1.29 is 9.53 Å². The molecule has 0 unspecified atom stereocenters. The Bertz CT molecular complexity index is 1030. The molecule has 1 amide bonds. The number of hydrogen-bond donors (Lipinski definition) is 2. The van der Waals surface area contributed by atoms with Crippen molar-refractivity contribution in [1.82, 2.24) is 5.32 Å². The molecule has 0 fully saturated rings. The highest BCUT2D eigenvalue weighted by Crippen LogP contribution is 2.22. The van der Waals surface area contributed by atoms with E-state index in [1.165, 1.54) is 0 Å². The molecule has 0 aromatic heterocycles. The van der Waals surface area contributed by atoms with Crippen molar-refractivity contribution in [1.29, 1.82) is 0 Å². The number of ether oxygens (including phenoxy) is 1. The highest BCUT2D eigenvalue weighted by atomic mass is 16.6. The van der Waals surface area contributed by atoms with Crippen molar-refractivity contribution in [2.45, 2.75) is 20.0 Å². The van der Waals surface area contributed by atoms with Crippen molar-refractivity contribution in [2.24, 2.45) is 15.9 Å². The van der Waals surface area contributed by atoms with Gasteiger partial charge in [-0.3, -0.25) is 5.32 Å². The lowest BCUT2D eigenvalue weighted by Gasteiger charge is -2.15. The van der Waals surface area contributed by atoms with E-state index in [1.54, 1.807) is 13.8 Å². The molecule has 3 N–H and O–H groups in total. The van der Waals surface area contributed by atoms with Gasteiger partial charge in [0.1, 0.15) is 6.10 Å². The molecular formula is C24H24N4O2. The average Bonchev–Trinajstić information content (AvgIpc) is 2.79. The number of nitrogens with two attached hydrogens (primary N) is 1. The van der Waals surface area contributed by atoms with Gasteiger partial charge in [-0.15, -0.1) is 0 Å². The second kappa shape index (κ2) is 10.0. The molecule has 6 nitrogen and oxygen atoms in total. The highest BCUT2D eigenvalue weighted by molar-refractivity contribution is 6.43. The summed E-state index contributed by atoms with van der Waals surface area (Å²) in [7, 11) is 0. The van der Waals surface area contributed by atoms with E-state index in [2.05, 4.69) is 15.4 Å². The molecule has 30 heavy (non-hydrogen) atoms. The van der Waals surface area contributed by atoms with Crippen LogP contribution in [0.3, 0.4) is 0 Å². The summed E-state index contributed by atoms with van der Waals surface area (Å²) in [5.74, 6) is 5.64. The smallest absolute Gasteiger partial charge is 0.413 e. The number of alkyl carbamates (subject to hydrolysis) is 1. The second-order valence-electron chi connectivity index (χ2n) is 6.67. The van der Waals surface area contributed by atoms with Crippen molar-refractivity contribution in [3.8, 4) is 11.1 Å². The minimum atomic E-state index is -0.631. The summed E-state index contributed by atoms with van der Waals surface area (Å²) in [6.07, 6.45) is -1.04. The van der Waals surface area contributed by atoms with Gasteiger partial charge in [0.2, 0.25) is 0 Å². The Kier molecular flexibility index (Phi) is 6.95. The van der Waals surface area contributed by atoms with Gasteiger partial charge in [-0.05, 0) is 42.7 Å². The zero-order valence-corrected chi connectivity index (χ0v) is 16.9. The summed E-state index contributed by atoms with van der Waals surface area (Å²) in [6.45, 7) is 3.47. The average molecular weight is 400 g/mol. The zero-order valence-electron chi connectivity index (χ0n) is 16.9. The number of aliphatic imine (C=N–C) groups is 1. The van der Waals surface area contributed by atoms with E-state index in [9.17, 15) is 4.79 Å². The number of hydrazone groups is 1. The molecule has 0 spiro atoms. The first kappa shape index (κ1) is 20.8. The topological polar surface area (TPSA) is 89.1 Å². The van der Waals surface area contributed by atoms with Crippen LogP contribution in [0.25, 0.3) is 11.1 Å². The Balaban J connectivity index is 1.74. The predicted molar refractivity (Wildman–Crippen MR) is 121 cm³/mol. The van der Waals surface area contributed by atoms with Crippen LogP contribution in [0.4, 0.5) is 10.5 Å². The van der Waals surface area contributed by atoms with E-state index in [-0.39, 0.29) is 5.84 Å². The third kappa shape index (κ3) is 5.54. The predicted octanol–water partition coefficient (Wildman–Crippen LogP) is 5.21. The standard InChI is InChI=1S/C24H24N4O2/c1-17(28-25)23(27-24(29)30-18(2)19-9-5-3-6-10-19)26-22-15-13-21(14-16-22)20-11-7-4-8-12-20/h3-16,18H,25H2,1-2H3,(H,26,27,29)/b28-17-/t18-/m1/s1. The van der Waals surface area contributed by atoms with Gasteiger partial charge < -0.3 is 10.6 Å². The normalized spacial score (nSPS) is 12.9. The highest BCUT2D eigenvalue weighted by Gasteiger charge is 2.15. The Morgan fingerprint density at radius 1 is 0.900 bits per heavy atom. The number of amidine groups is 1. The maximum Gasteiger partial charge on any atom is 0.413 e. The fraction of sp³-hybridized carbons (Fsp3) is 0.125. The molecule has 6 heteroatoms. The van der Waals surface area contributed by atoms with Crippen LogP contribution in [0.2, 0.25) is 0 Å². The van der Waals surface area contributed by atoms with Gasteiger partial charge in [-0.25, -0.2) is 9.79 Å². The molecule has 0 aliphatic rings. The van der Waals surface area contributed by atoms with E-state index in [0.29, 0.717) is 11.4 Å². The van der Waals surface area contributed by atoms with Crippen LogP contribution >= 0.6 is 0 Å². The second-order valence-corrected chi connectivity index (χ2v) is 6.67. The van der Waals surface area contributed by atoms with Gasteiger partial charge in [0.15, 0.2) is 5.84 Å². The van der Waals surface area contributed by atoms with E-state index in [0.717, 1.165) is 16.7 Å². The number of carbonyl (C=O) groups is 1. The lowest BCUT2D eigenvalue weighted by Crippen LogP contribution is -2.36. The summed E-state index contributed by atoms with van der Waals surface area (Å²) >= 11 is 0. The fourth-order valence-corrected chi connectivity index (χ4v) is 2.83. The number of benzene rings is 3. The molecule has 3 rings (SSSR count). The molecule has 0 bridgehead atoms. The van der Waals surface area contributed by atoms with Gasteiger partial charge in [0.25, 0.3) is 0 Å². The van der Waals surface area contributed by atoms with E-state index >= 15 is 0 Å². The first-order valence-corrected chi connectivity index (χ1v) is 9.58. The first-order valence-electron chi connectivity index (χ1n) is 9.58. The SMILES string of the molecule is C/C(=N/N)C(=Nc1ccc(-c2ccccc2)cc1)NC(=O)O[C@H](C)c1ccccc1. The Morgan fingerprint density at radius 2 is 1.47 bits per heavy atom. The van der Waals surface area contributed by atoms with Gasteiger partial charge in [-0.2, -0.15) is 5.10 Å². The van der Waals surface area contributed by atoms with Crippen LogP contribution in [0.15, 0.2) is 95.0 Å². The molecule has 0 saturated heterocycles. The number of carbonyl (C=O) groups excluding carboxylic acids is 1. The van der Waals surface area contributed by atoms with Crippen molar-refractivity contribution in [3.05, 3.63) is 90.5 Å². The fourth-order valence-electron chi connectivity index (χ4n) is 2.83. The summed E-state index contributed by atoms with van der Waals surface area (Å²) in [5.41, 5.74) is 4.12. The summed E-state index contributed by atoms with van der Waals surface area (Å²) in [6, 6.07) is 27.2. The number of nitrogens with zero attached hydrogens (tertiary/aromatic N) is 2.